The molecule has 0 fully saturated rings. The molecule has 2 aromatic heterocycles. The van der Waals surface area contributed by atoms with Gasteiger partial charge < -0.3 is 10.1 Å². The van der Waals surface area contributed by atoms with Gasteiger partial charge in [0.2, 0.25) is 5.91 Å². The third-order valence-electron chi connectivity index (χ3n) is 2.63. The molecular formula is C14H14ClNO3S2. The van der Waals surface area contributed by atoms with Gasteiger partial charge in [0.15, 0.2) is 0 Å². The van der Waals surface area contributed by atoms with Crippen LogP contribution in [0.25, 0.3) is 10.4 Å². The first-order chi connectivity index (χ1) is 10.2. The predicted molar refractivity (Wildman–Crippen MR) is 87.6 cm³/mol. The largest absolute Gasteiger partial charge is 0.462 e. The van der Waals surface area contributed by atoms with Crippen LogP contribution in [0.2, 0.25) is 0 Å². The van der Waals surface area contributed by atoms with E-state index in [1.165, 1.54) is 22.7 Å². The summed E-state index contributed by atoms with van der Waals surface area (Å²) in [6.07, 6.45) is 0.204. The smallest absolute Gasteiger partial charge is 0.341 e. The lowest BCUT2D eigenvalue weighted by Crippen LogP contribution is -2.14. The van der Waals surface area contributed by atoms with Gasteiger partial charge in [-0.1, -0.05) is 6.07 Å². The van der Waals surface area contributed by atoms with Gasteiger partial charge in [-0.2, -0.15) is 0 Å². The van der Waals surface area contributed by atoms with E-state index in [9.17, 15) is 9.59 Å². The molecule has 0 aliphatic rings. The zero-order chi connectivity index (χ0) is 15.2. The van der Waals surface area contributed by atoms with Crippen LogP contribution in [-0.2, 0) is 9.53 Å². The molecule has 21 heavy (non-hydrogen) atoms. The van der Waals surface area contributed by atoms with Crippen LogP contribution in [0.4, 0.5) is 5.00 Å². The van der Waals surface area contributed by atoms with Gasteiger partial charge in [0.1, 0.15) is 10.6 Å². The zero-order valence-corrected chi connectivity index (χ0v) is 13.7. The second-order valence-corrected chi connectivity index (χ2v) is 6.24. The molecule has 7 heteroatoms. The van der Waals surface area contributed by atoms with E-state index in [0.29, 0.717) is 10.6 Å². The van der Waals surface area contributed by atoms with Crippen molar-refractivity contribution in [2.75, 3.05) is 17.8 Å². The number of amides is 1. The summed E-state index contributed by atoms with van der Waals surface area (Å²) < 4.78 is 5.10. The molecule has 2 heterocycles. The number of halogens is 1. The number of hydrogen-bond donors (Lipinski definition) is 1. The van der Waals surface area contributed by atoms with Crippen molar-refractivity contribution in [2.45, 2.75) is 13.3 Å². The molecule has 2 rings (SSSR count). The maximum absolute atomic E-state index is 12.2. The summed E-state index contributed by atoms with van der Waals surface area (Å²) in [6, 6.07) is 3.85. The Bertz CT molecular complexity index is 622. The zero-order valence-electron chi connectivity index (χ0n) is 11.3. The Balaban J connectivity index is 2.36. The average Bonchev–Trinajstić information content (AvgIpc) is 3.07. The van der Waals surface area contributed by atoms with Crippen LogP contribution in [0.5, 0.6) is 0 Å². The number of thiophene rings is 2. The molecule has 0 saturated carbocycles. The summed E-state index contributed by atoms with van der Waals surface area (Å²) in [5.41, 5.74) is 1.20. The Morgan fingerprint density at radius 3 is 2.81 bits per heavy atom. The fraction of sp³-hybridized carbons (Fsp3) is 0.286. The maximum Gasteiger partial charge on any atom is 0.341 e. The molecule has 0 aromatic carbocycles. The summed E-state index contributed by atoms with van der Waals surface area (Å²) in [7, 11) is 0. The number of ether oxygens (including phenoxy) is 1. The van der Waals surface area contributed by atoms with E-state index >= 15 is 0 Å². The Morgan fingerprint density at radius 1 is 1.38 bits per heavy atom. The molecule has 0 aliphatic carbocycles. The lowest BCUT2D eigenvalue weighted by Gasteiger charge is -2.07. The van der Waals surface area contributed by atoms with Crippen LogP contribution in [0.1, 0.15) is 23.7 Å². The van der Waals surface area contributed by atoms with Crippen molar-refractivity contribution >= 4 is 51.2 Å². The Morgan fingerprint density at radius 2 is 2.19 bits per heavy atom. The number of hydrogen-bond acceptors (Lipinski definition) is 5. The number of carbonyl (C=O) groups excluding carboxylic acids is 2. The second kappa shape index (κ2) is 7.59. The molecule has 0 atom stereocenters. The third kappa shape index (κ3) is 3.84. The van der Waals surface area contributed by atoms with Crippen LogP contribution in [0.3, 0.4) is 0 Å². The number of rotatable bonds is 6. The van der Waals surface area contributed by atoms with Crippen LogP contribution in [0.15, 0.2) is 22.9 Å². The molecule has 0 radical (unpaired) electrons. The van der Waals surface area contributed by atoms with Crippen molar-refractivity contribution < 1.29 is 14.3 Å². The maximum atomic E-state index is 12.2. The highest BCUT2D eigenvalue weighted by atomic mass is 35.5. The molecule has 112 valence electrons. The average molecular weight is 344 g/mol. The molecule has 0 aliphatic heterocycles. The molecule has 0 bridgehead atoms. The topological polar surface area (TPSA) is 55.4 Å². The van der Waals surface area contributed by atoms with Crippen LogP contribution < -0.4 is 5.32 Å². The van der Waals surface area contributed by atoms with Gasteiger partial charge in [0.05, 0.1) is 6.61 Å². The third-order valence-corrected chi connectivity index (χ3v) is 4.62. The molecule has 0 unspecified atom stereocenters. The summed E-state index contributed by atoms with van der Waals surface area (Å²) in [5.74, 6) is -0.401. The Kier molecular flexibility index (Phi) is 5.78. The van der Waals surface area contributed by atoms with E-state index in [1.807, 2.05) is 22.9 Å². The first-order valence-corrected chi connectivity index (χ1v) is 8.65. The van der Waals surface area contributed by atoms with Crippen molar-refractivity contribution in [3.05, 3.63) is 28.5 Å². The summed E-state index contributed by atoms with van der Waals surface area (Å²) in [6.45, 7) is 2.04. The molecule has 2 aromatic rings. The number of nitrogens with one attached hydrogen (secondary N) is 1. The fourth-order valence-electron chi connectivity index (χ4n) is 1.74. The number of esters is 1. The first kappa shape index (κ1) is 16.0. The van der Waals surface area contributed by atoms with Crippen molar-refractivity contribution in [1.82, 2.24) is 0 Å². The highest BCUT2D eigenvalue weighted by Gasteiger charge is 2.23. The minimum atomic E-state index is -0.427. The van der Waals surface area contributed by atoms with Crippen LogP contribution in [0, 0.1) is 0 Å². The van der Waals surface area contributed by atoms with Crippen molar-refractivity contribution in [3.8, 4) is 10.4 Å². The Hall–Kier alpha value is -1.37. The summed E-state index contributed by atoms with van der Waals surface area (Å²) in [5, 5.41) is 7.03. The number of alkyl halides is 1. The lowest BCUT2D eigenvalue weighted by molar-refractivity contribution is -0.115. The number of carbonyl (C=O) groups is 2. The highest BCUT2D eigenvalue weighted by molar-refractivity contribution is 7.17. The standard InChI is InChI=1S/C14H14ClNO3S2/c1-2-19-14(18)12-9(10-4-3-7-20-10)8-21-13(12)16-11(17)5-6-15/h3-4,7-8H,2,5-6H2,1H3,(H,16,17). The van der Waals surface area contributed by atoms with Crippen molar-refractivity contribution in [3.63, 3.8) is 0 Å². The van der Waals surface area contributed by atoms with Crippen LogP contribution in [-0.4, -0.2) is 24.4 Å². The molecular weight excluding hydrogens is 330 g/mol. The molecule has 0 saturated heterocycles. The fourth-order valence-corrected chi connectivity index (χ4v) is 3.70. The Labute approximate surface area is 135 Å². The van der Waals surface area contributed by atoms with Gasteiger partial charge in [0.25, 0.3) is 0 Å². The number of anilines is 1. The quantitative estimate of drug-likeness (QED) is 0.631. The van der Waals surface area contributed by atoms with Gasteiger partial charge in [-0.3, -0.25) is 4.79 Å². The van der Waals surface area contributed by atoms with Gasteiger partial charge in [-0.15, -0.1) is 34.3 Å². The second-order valence-electron chi connectivity index (χ2n) is 4.04. The highest BCUT2D eigenvalue weighted by Crippen LogP contribution is 2.38. The SMILES string of the molecule is CCOC(=O)c1c(-c2cccs2)csc1NC(=O)CCCl. The van der Waals surface area contributed by atoms with E-state index in [4.69, 9.17) is 16.3 Å². The van der Waals surface area contributed by atoms with E-state index in [0.717, 1.165) is 10.4 Å². The van der Waals surface area contributed by atoms with Gasteiger partial charge in [-0.05, 0) is 18.4 Å². The van der Waals surface area contributed by atoms with E-state index < -0.39 is 5.97 Å². The monoisotopic (exact) mass is 343 g/mol. The predicted octanol–water partition coefficient (Wildman–Crippen LogP) is 4.22. The van der Waals surface area contributed by atoms with Crippen molar-refractivity contribution in [2.24, 2.45) is 0 Å². The molecule has 1 amide bonds. The van der Waals surface area contributed by atoms with Crippen LogP contribution >= 0.6 is 34.3 Å². The minimum absolute atomic E-state index is 0.204. The van der Waals surface area contributed by atoms with Gasteiger partial charge in [-0.25, -0.2) is 4.79 Å². The summed E-state index contributed by atoms with van der Waals surface area (Å²) in [4.78, 5) is 24.9. The van der Waals surface area contributed by atoms with Gasteiger partial charge in [0, 0.05) is 28.1 Å². The minimum Gasteiger partial charge on any atom is -0.462 e. The normalized spacial score (nSPS) is 10.4. The van der Waals surface area contributed by atoms with E-state index in [-0.39, 0.29) is 24.8 Å². The van der Waals surface area contributed by atoms with E-state index in [1.54, 1.807) is 6.92 Å². The van der Waals surface area contributed by atoms with Crippen molar-refractivity contribution in [1.29, 1.82) is 0 Å². The first-order valence-electron chi connectivity index (χ1n) is 6.35. The molecule has 0 spiro atoms. The summed E-state index contributed by atoms with van der Waals surface area (Å²) >= 11 is 8.40. The lowest BCUT2D eigenvalue weighted by atomic mass is 10.1. The van der Waals surface area contributed by atoms with E-state index in [2.05, 4.69) is 5.32 Å². The molecule has 4 nitrogen and oxygen atoms in total. The van der Waals surface area contributed by atoms with Gasteiger partial charge >= 0.3 is 5.97 Å². The molecule has 1 N–H and O–H groups in total.